The Morgan fingerprint density at radius 2 is 1.92 bits per heavy atom. The molecule has 6 nitrogen and oxygen atoms in total. The third-order valence-corrected chi connectivity index (χ3v) is 4.59. The van der Waals surface area contributed by atoms with Crippen LogP contribution in [-0.4, -0.2) is 35.6 Å². The first-order valence-electron chi connectivity index (χ1n) is 8.39. The van der Waals surface area contributed by atoms with E-state index in [0.717, 1.165) is 31.7 Å². The van der Waals surface area contributed by atoms with E-state index in [1.54, 1.807) is 0 Å². The maximum atomic E-state index is 12.5. The van der Waals surface area contributed by atoms with E-state index in [2.05, 4.69) is 23.5 Å². The van der Waals surface area contributed by atoms with E-state index < -0.39 is 11.5 Å². The number of alkyl halides is 2. The number of rotatable bonds is 8. The van der Waals surface area contributed by atoms with E-state index in [4.69, 9.17) is 4.74 Å². The third-order valence-electron chi connectivity index (χ3n) is 4.59. The molecule has 1 saturated carbocycles. The van der Waals surface area contributed by atoms with E-state index >= 15 is 0 Å². The van der Waals surface area contributed by atoms with Crippen molar-refractivity contribution in [1.82, 2.24) is 4.90 Å². The average Bonchev–Trinajstić information content (AvgIpc) is 3.06. The van der Waals surface area contributed by atoms with Crippen LogP contribution in [0.5, 0.6) is 11.5 Å². The average molecular weight is 358 g/mol. The summed E-state index contributed by atoms with van der Waals surface area (Å²) in [6.07, 6.45) is 4.44. The molecule has 140 valence electrons. The van der Waals surface area contributed by atoms with Crippen LogP contribution in [0.2, 0.25) is 0 Å². The minimum absolute atomic E-state index is 0.0658. The molecule has 0 heterocycles. The van der Waals surface area contributed by atoms with Crippen LogP contribution in [0.25, 0.3) is 0 Å². The highest BCUT2D eigenvalue weighted by Crippen LogP contribution is 2.37. The first-order chi connectivity index (χ1) is 11.8. The summed E-state index contributed by atoms with van der Waals surface area (Å²) < 4.78 is 34.5. The molecule has 0 spiro atoms. The number of nitrogens with zero attached hydrogens (tertiary/aromatic N) is 2. The molecule has 0 saturated heterocycles. The number of benzene rings is 1. The fraction of sp³-hybridized carbons (Fsp3) is 0.647. The molecule has 0 bridgehead atoms. The van der Waals surface area contributed by atoms with Crippen LogP contribution in [0.1, 0.15) is 45.1 Å². The maximum Gasteiger partial charge on any atom is 0.387 e. The quantitative estimate of drug-likeness (QED) is 0.510. The van der Waals surface area contributed by atoms with Gasteiger partial charge in [-0.05, 0) is 32.8 Å². The van der Waals surface area contributed by atoms with Gasteiger partial charge in [0, 0.05) is 24.2 Å². The monoisotopic (exact) mass is 358 g/mol. The molecule has 0 amide bonds. The molecular formula is C17H24F2N2O4. The molecule has 1 aromatic carbocycles. The van der Waals surface area contributed by atoms with Gasteiger partial charge in [0.25, 0.3) is 5.69 Å². The SMILES string of the molecule is COc1cc(CN(C(C)C)C2CCCC2)c([N+](=O)[O-])cc1OC(F)F. The summed E-state index contributed by atoms with van der Waals surface area (Å²) in [4.78, 5) is 13.1. The highest BCUT2D eigenvalue weighted by molar-refractivity contribution is 5.54. The van der Waals surface area contributed by atoms with E-state index in [1.165, 1.54) is 13.2 Å². The molecule has 1 aliphatic carbocycles. The summed E-state index contributed by atoms with van der Waals surface area (Å²) in [6, 6.07) is 3.04. The predicted octanol–water partition coefficient (Wildman–Crippen LogP) is 4.36. The summed E-state index contributed by atoms with van der Waals surface area (Å²) in [6.45, 7) is 1.39. The summed E-state index contributed by atoms with van der Waals surface area (Å²) in [7, 11) is 1.32. The fourth-order valence-corrected chi connectivity index (χ4v) is 3.40. The van der Waals surface area contributed by atoms with Crippen LogP contribution in [-0.2, 0) is 6.54 Å². The lowest BCUT2D eigenvalue weighted by Gasteiger charge is -2.32. The Morgan fingerprint density at radius 3 is 2.40 bits per heavy atom. The van der Waals surface area contributed by atoms with Crippen molar-refractivity contribution in [3.05, 3.63) is 27.8 Å². The molecule has 0 aromatic heterocycles. The number of nitro benzene ring substituents is 1. The van der Waals surface area contributed by atoms with E-state index in [0.29, 0.717) is 18.2 Å². The van der Waals surface area contributed by atoms with Crippen LogP contribution < -0.4 is 9.47 Å². The topological polar surface area (TPSA) is 64.8 Å². The number of methoxy groups -OCH3 is 1. The first-order valence-corrected chi connectivity index (χ1v) is 8.39. The summed E-state index contributed by atoms with van der Waals surface area (Å²) in [5.41, 5.74) is 0.198. The van der Waals surface area contributed by atoms with Crippen molar-refractivity contribution in [2.24, 2.45) is 0 Å². The summed E-state index contributed by atoms with van der Waals surface area (Å²) in [5, 5.41) is 11.4. The molecule has 1 aromatic rings. The van der Waals surface area contributed by atoms with Crippen molar-refractivity contribution >= 4 is 5.69 Å². The molecule has 0 aliphatic heterocycles. The van der Waals surface area contributed by atoms with Crippen LogP contribution >= 0.6 is 0 Å². The van der Waals surface area contributed by atoms with Crippen molar-refractivity contribution < 1.29 is 23.2 Å². The van der Waals surface area contributed by atoms with Gasteiger partial charge in [0.2, 0.25) is 0 Å². The van der Waals surface area contributed by atoms with Gasteiger partial charge < -0.3 is 9.47 Å². The Kier molecular flexibility index (Phi) is 6.52. The third kappa shape index (κ3) is 4.78. The zero-order valence-electron chi connectivity index (χ0n) is 14.7. The number of hydrogen-bond donors (Lipinski definition) is 0. The van der Waals surface area contributed by atoms with Crippen LogP contribution in [0.15, 0.2) is 12.1 Å². The van der Waals surface area contributed by atoms with Gasteiger partial charge in [-0.1, -0.05) is 12.8 Å². The van der Waals surface area contributed by atoms with Gasteiger partial charge in [-0.3, -0.25) is 15.0 Å². The van der Waals surface area contributed by atoms with Crippen molar-refractivity contribution in [2.45, 2.75) is 64.8 Å². The van der Waals surface area contributed by atoms with E-state index in [-0.39, 0.29) is 23.2 Å². The fourth-order valence-electron chi connectivity index (χ4n) is 3.40. The van der Waals surface area contributed by atoms with Gasteiger partial charge in [-0.2, -0.15) is 8.78 Å². The molecule has 2 rings (SSSR count). The first kappa shape index (κ1) is 19.4. The van der Waals surface area contributed by atoms with Gasteiger partial charge >= 0.3 is 6.61 Å². The van der Waals surface area contributed by atoms with Crippen LogP contribution in [0.3, 0.4) is 0 Å². The Balaban J connectivity index is 2.38. The normalized spacial score (nSPS) is 15.4. The minimum Gasteiger partial charge on any atom is -0.493 e. The minimum atomic E-state index is -3.08. The Labute approximate surface area is 145 Å². The van der Waals surface area contributed by atoms with Gasteiger partial charge in [-0.15, -0.1) is 0 Å². The number of ether oxygens (including phenoxy) is 2. The zero-order chi connectivity index (χ0) is 18.6. The van der Waals surface area contributed by atoms with Crippen molar-refractivity contribution in [1.29, 1.82) is 0 Å². The number of nitro groups is 1. The second-order valence-electron chi connectivity index (χ2n) is 6.47. The van der Waals surface area contributed by atoms with Crippen molar-refractivity contribution in [2.75, 3.05) is 7.11 Å². The molecule has 1 aliphatic rings. The molecule has 8 heteroatoms. The summed E-state index contributed by atoms with van der Waals surface area (Å²) in [5.74, 6) is -0.263. The maximum absolute atomic E-state index is 12.5. The Bertz CT molecular complexity index is 605. The molecule has 1 fully saturated rings. The van der Waals surface area contributed by atoms with Gasteiger partial charge in [-0.25, -0.2) is 0 Å². The molecule has 25 heavy (non-hydrogen) atoms. The highest BCUT2D eigenvalue weighted by Gasteiger charge is 2.28. The lowest BCUT2D eigenvalue weighted by Crippen LogP contribution is -2.38. The largest absolute Gasteiger partial charge is 0.493 e. The van der Waals surface area contributed by atoms with Crippen molar-refractivity contribution in [3.63, 3.8) is 0 Å². The van der Waals surface area contributed by atoms with E-state index in [1.807, 2.05) is 0 Å². The number of hydrogen-bond acceptors (Lipinski definition) is 5. The molecule has 0 radical (unpaired) electrons. The van der Waals surface area contributed by atoms with Gasteiger partial charge in [0.1, 0.15) is 0 Å². The van der Waals surface area contributed by atoms with Crippen molar-refractivity contribution in [3.8, 4) is 11.5 Å². The smallest absolute Gasteiger partial charge is 0.387 e. The molecule has 0 atom stereocenters. The zero-order valence-corrected chi connectivity index (χ0v) is 14.7. The lowest BCUT2D eigenvalue weighted by molar-refractivity contribution is -0.385. The lowest BCUT2D eigenvalue weighted by atomic mass is 10.1. The van der Waals surface area contributed by atoms with Gasteiger partial charge in [0.05, 0.1) is 18.1 Å². The molecule has 0 N–H and O–H groups in total. The highest BCUT2D eigenvalue weighted by atomic mass is 19.3. The second-order valence-corrected chi connectivity index (χ2v) is 6.47. The Hall–Kier alpha value is -1.96. The predicted molar refractivity (Wildman–Crippen MR) is 89.2 cm³/mol. The van der Waals surface area contributed by atoms with Gasteiger partial charge in [0.15, 0.2) is 11.5 Å². The van der Waals surface area contributed by atoms with Crippen LogP contribution in [0, 0.1) is 10.1 Å². The van der Waals surface area contributed by atoms with Crippen LogP contribution in [0.4, 0.5) is 14.5 Å². The molecule has 0 unspecified atom stereocenters. The number of halogens is 2. The molecular weight excluding hydrogens is 334 g/mol. The second kappa shape index (κ2) is 8.42. The van der Waals surface area contributed by atoms with E-state index in [9.17, 15) is 18.9 Å². The Morgan fingerprint density at radius 1 is 1.28 bits per heavy atom. The standard InChI is InChI=1S/C17H24F2N2O4/c1-11(2)20(13-6-4-5-7-13)10-12-8-15(24-3)16(25-17(18)19)9-14(12)21(22)23/h8-9,11,13,17H,4-7,10H2,1-3H3. The summed E-state index contributed by atoms with van der Waals surface area (Å²) >= 11 is 0.